The number of carbonyl (C=O) groups excluding carboxylic acids is 1. The van der Waals surface area contributed by atoms with Crippen molar-refractivity contribution in [1.29, 1.82) is 0 Å². The van der Waals surface area contributed by atoms with Crippen LogP contribution in [0.3, 0.4) is 0 Å². The van der Waals surface area contributed by atoms with Gasteiger partial charge in [0.15, 0.2) is 0 Å². The molecule has 116 valence electrons. The molecule has 1 saturated heterocycles. The van der Waals surface area contributed by atoms with Crippen molar-refractivity contribution in [3.05, 3.63) is 0 Å². The van der Waals surface area contributed by atoms with E-state index in [1.165, 1.54) is 57.8 Å². The Morgan fingerprint density at radius 3 is 2.10 bits per heavy atom. The maximum Gasteiger partial charge on any atom is 0.233 e. The Labute approximate surface area is 123 Å². The lowest BCUT2D eigenvalue weighted by atomic mass is 9.95. The van der Waals surface area contributed by atoms with Gasteiger partial charge in [-0.2, -0.15) is 0 Å². The normalized spacial score (nSPS) is 24.1. The number of likely N-dealkylation sites (N-methyl/N-ethyl adjacent to an activating group) is 1. The summed E-state index contributed by atoms with van der Waals surface area (Å²) < 4.78 is 0. The molecule has 1 aliphatic carbocycles. The average molecular weight is 281 g/mol. The van der Waals surface area contributed by atoms with Gasteiger partial charge in [0.05, 0.1) is 6.54 Å². The molecule has 1 heterocycles. The molecule has 20 heavy (non-hydrogen) atoms. The first-order valence-electron chi connectivity index (χ1n) is 8.47. The van der Waals surface area contributed by atoms with Gasteiger partial charge in [-0.25, -0.2) is 0 Å². The van der Waals surface area contributed by atoms with Crippen LogP contribution < -0.4 is 10.6 Å². The van der Waals surface area contributed by atoms with E-state index in [0.29, 0.717) is 12.6 Å². The van der Waals surface area contributed by atoms with E-state index in [1.807, 2.05) is 0 Å². The highest BCUT2D eigenvalue weighted by Crippen LogP contribution is 2.19. The summed E-state index contributed by atoms with van der Waals surface area (Å²) in [5.74, 6) is 0.136. The summed E-state index contributed by atoms with van der Waals surface area (Å²) in [7, 11) is 1.71. The number of hydrogen-bond acceptors (Lipinski definition) is 3. The minimum atomic E-state index is 0.136. The number of carbonyl (C=O) groups is 1. The molecule has 0 aromatic carbocycles. The van der Waals surface area contributed by atoms with Gasteiger partial charge in [-0.15, -0.1) is 0 Å². The van der Waals surface area contributed by atoms with Gasteiger partial charge in [-0.1, -0.05) is 32.1 Å². The molecule has 0 atom stereocenters. The summed E-state index contributed by atoms with van der Waals surface area (Å²) in [6.45, 7) is 2.67. The van der Waals surface area contributed by atoms with Gasteiger partial charge in [-0.3, -0.25) is 9.69 Å². The highest BCUT2D eigenvalue weighted by molar-refractivity contribution is 5.77. The number of piperidine rings is 1. The summed E-state index contributed by atoms with van der Waals surface area (Å²) >= 11 is 0. The maximum absolute atomic E-state index is 11.4. The Balaban J connectivity index is 1.66. The third kappa shape index (κ3) is 5.41. The molecule has 4 nitrogen and oxygen atoms in total. The van der Waals surface area contributed by atoms with Crippen LogP contribution in [0, 0.1) is 0 Å². The van der Waals surface area contributed by atoms with Crippen LogP contribution in [-0.4, -0.2) is 49.6 Å². The zero-order chi connectivity index (χ0) is 14.2. The molecule has 0 radical (unpaired) electrons. The van der Waals surface area contributed by atoms with Crippen molar-refractivity contribution in [2.24, 2.45) is 0 Å². The average Bonchev–Trinajstić information content (AvgIpc) is 2.43. The van der Waals surface area contributed by atoms with Crippen LogP contribution in [-0.2, 0) is 4.79 Å². The number of nitrogens with zero attached hydrogens (tertiary/aromatic N) is 1. The van der Waals surface area contributed by atoms with Crippen LogP contribution in [0.5, 0.6) is 0 Å². The van der Waals surface area contributed by atoms with E-state index in [4.69, 9.17) is 0 Å². The van der Waals surface area contributed by atoms with Crippen LogP contribution in [0.4, 0.5) is 0 Å². The minimum absolute atomic E-state index is 0.136. The Morgan fingerprint density at radius 1 is 0.950 bits per heavy atom. The molecule has 0 spiro atoms. The lowest BCUT2D eigenvalue weighted by Crippen LogP contribution is -2.48. The maximum atomic E-state index is 11.4. The molecule has 0 aromatic rings. The zero-order valence-electron chi connectivity index (χ0n) is 13.0. The molecule has 0 unspecified atom stereocenters. The van der Waals surface area contributed by atoms with E-state index in [0.717, 1.165) is 19.1 Å². The fraction of sp³-hybridized carbons (Fsp3) is 0.938. The summed E-state index contributed by atoms with van der Waals surface area (Å²) in [6, 6.07) is 1.41. The standard InChI is InChI=1S/C16H31N3O/c1-17-16(20)13-19-11-9-15(10-12-19)18-14-7-5-3-2-4-6-8-14/h14-15,18H,2-13H2,1H3,(H,17,20). The molecule has 2 N–H and O–H groups in total. The molecule has 2 rings (SSSR count). The van der Waals surface area contributed by atoms with Crippen molar-refractivity contribution >= 4 is 5.91 Å². The Morgan fingerprint density at radius 2 is 1.50 bits per heavy atom. The lowest BCUT2D eigenvalue weighted by molar-refractivity contribution is -0.122. The Hall–Kier alpha value is -0.610. The first-order chi connectivity index (χ1) is 9.78. The smallest absolute Gasteiger partial charge is 0.233 e. The molecule has 2 fully saturated rings. The monoisotopic (exact) mass is 281 g/mol. The zero-order valence-corrected chi connectivity index (χ0v) is 13.0. The first-order valence-corrected chi connectivity index (χ1v) is 8.47. The third-order valence-corrected chi connectivity index (χ3v) is 4.81. The van der Waals surface area contributed by atoms with Crippen molar-refractivity contribution in [2.45, 2.75) is 69.9 Å². The van der Waals surface area contributed by atoms with Crippen molar-refractivity contribution in [3.8, 4) is 0 Å². The summed E-state index contributed by atoms with van der Waals surface area (Å²) in [4.78, 5) is 13.7. The second-order valence-electron chi connectivity index (χ2n) is 6.43. The fourth-order valence-corrected chi connectivity index (χ4v) is 3.50. The summed E-state index contributed by atoms with van der Waals surface area (Å²) in [5.41, 5.74) is 0. The lowest BCUT2D eigenvalue weighted by Gasteiger charge is -2.34. The van der Waals surface area contributed by atoms with E-state index in [1.54, 1.807) is 7.05 Å². The summed E-state index contributed by atoms with van der Waals surface area (Å²) in [6.07, 6.45) is 12.2. The Bertz CT molecular complexity index is 279. The third-order valence-electron chi connectivity index (χ3n) is 4.81. The highest BCUT2D eigenvalue weighted by Gasteiger charge is 2.22. The molecule has 4 heteroatoms. The van der Waals surface area contributed by atoms with Crippen LogP contribution >= 0.6 is 0 Å². The highest BCUT2D eigenvalue weighted by atomic mass is 16.1. The van der Waals surface area contributed by atoms with E-state index >= 15 is 0 Å². The van der Waals surface area contributed by atoms with Crippen molar-refractivity contribution in [1.82, 2.24) is 15.5 Å². The van der Waals surface area contributed by atoms with Crippen molar-refractivity contribution in [3.63, 3.8) is 0 Å². The topological polar surface area (TPSA) is 44.4 Å². The molecule has 0 aromatic heterocycles. The number of rotatable bonds is 4. The van der Waals surface area contributed by atoms with Crippen LogP contribution in [0.2, 0.25) is 0 Å². The molecule has 1 amide bonds. The van der Waals surface area contributed by atoms with E-state index in [9.17, 15) is 4.79 Å². The quantitative estimate of drug-likeness (QED) is 0.827. The van der Waals surface area contributed by atoms with Crippen molar-refractivity contribution in [2.75, 3.05) is 26.7 Å². The fourth-order valence-electron chi connectivity index (χ4n) is 3.50. The summed E-state index contributed by atoms with van der Waals surface area (Å²) in [5, 5.41) is 6.59. The van der Waals surface area contributed by atoms with Gasteiger partial charge in [0.1, 0.15) is 0 Å². The predicted molar refractivity (Wildman–Crippen MR) is 82.8 cm³/mol. The SMILES string of the molecule is CNC(=O)CN1CCC(NC2CCCCCCC2)CC1. The Kier molecular flexibility index (Phi) is 6.80. The van der Waals surface area contributed by atoms with Gasteiger partial charge < -0.3 is 10.6 Å². The predicted octanol–water partition coefficient (Wildman–Crippen LogP) is 1.90. The van der Waals surface area contributed by atoms with Crippen LogP contribution in [0.15, 0.2) is 0 Å². The molecule has 2 aliphatic rings. The van der Waals surface area contributed by atoms with E-state index < -0.39 is 0 Å². The van der Waals surface area contributed by atoms with Gasteiger partial charge in [0, 0.05) is 32.2 Å². The molecular weight excluding hydrogens is 250 g/mol. The second kappa shape index (κ2) is 8.63. The van der Waals surface area contributed by atoms with Gasteiger partial charge in [0.2, 0.25) is 5.91 Å². The van der Waals surface area contributed by atoms with Crippen molar-refractivity contribution < 1.29 is 4.79 Å². The number of nitrogens with one attached hydrogen (secondary N) is 2. The minimum Gasteiger partial charge on any atom is -0.358 e. The van der Waals surface area contributed by atoms with Crippen LogP contribution in [0.1, 0.15) is 57.8 Å². The van der Waals surface area contributed by atoms with Gasteiger partial charge in [-0.05, 0) is 25.7 Å². The molecule has 0 bridgehead atoms. The second-order valence-corrected chi connectivity index (χ2v) is 6.43. The van der Waals surface area contributed by atoms with Crippen LogP contribution in [0.25, 0.3) is 0 Å². The molecule has 1 saturated carbocycles. The molecule has 1 aliphatic heterocycles. The number of likely N-dealkylation sites (tertiary alicyclic amines) is 1. The number of hydrogen-bond donors (Lipinski definition) is 2. The number of amides is 1. The van der Waals surface area contributed by atoms with E-state index in [-0.39, 0.29) is 5.91 Å². The van der Waals surface area contributed by atoms with E-state index in [2.05, 4.69) is 15.5 Å². The van der Waals surface area contributed by atoms with Gasteiger partial charge >= 0.3 is 0 Å². The van der Waals surface area contributed by atoms with Gasteiger partial charge in [0.25, 0.3) is 0 Å². The first kappa shape index (κ1) is 15.8. The largest absolute Gasteiger partial charge is 0.358 e. The molecular formula is C16H31N3O.